The normalized spacial score (nSPS) is 15.0. The molecule has 4 nitrogen and oxygen atoms in total. The molecule has 116 valence electrons. The number of ether oxygens (including phenoxy) is 1. The van der Waals surface area contributed by atoms with Crippen molar-refractivity contribution in [1.29, 1.82) is 0 Å². The number of aromatic carboxylic acids is 1. The fourth-order valence-corrected chi connectivity index (χ4v) is 2.62. The molecule has 1 aliphatic carbocycles. The van der Waals surface area contributed by atoms with Crippen molar-refractivity contribution < 1.29 is 14.6 Å². The zero-order valence-corrected chi connectivity index (χ0v) is 12.8. The Morgan fingerprint density at radius 2 is 2.24 bits per heavy atom. The molecule has 1 saturated carbocycles. The van der Waals surface area contributed by atoms with E-state index in [0.29, 0.717) is 12.4 Å². The highest BCUT2D eigenvalue weighted by atomic mass is 16.5. The second kappa shape index (κ2) is 8.03. The summed E-state index contributed by atoms with van der Waals surface area (Å²) < 4.78 is 5.65. The van der Waals surface area contributed by atoms with Crippen LogP contribution < -0.4 is 4.74 Å². The summed E-state index contributed by atoms with van der Waals surface area (Å²) in [5, 5.41) is 8.94. The average molecular weight is 291 g/mol. The maximum absolute atomic E-state index is 10.9. The Bertz CT molecular complexity index is 457. The van der Waals surface area contributed by atoms with E-state index in [2.05, 4.69) is 11.8 Å². The molecule has 1 aromatic carbocycles. The predicted molar refractivity (Wildman–Crippen MR) is 83.0 cm³/mol. The average Bonchev–Trinajstić information content (AvgIpc) is 2.45. The van der Waals surface area contributed by atoms with Crippen LogP contribution in [0.4, 0.5) is 0 Å². The molecule has 0 spiro atoms. The van der Waals surface area contributed by atoms with Gasteiger partial charge in [-0.25, -0.2) is 4.79 Å². The van der Waals surface area contributed by atoms with E-state index in [1.165, 1.54) is 25.8 Å². The van der Waals surface area contributed by atoms with Crippen LogP contribution in [0.3, 0.4) is 0 Å². The van der Waals surface area contributed by atoms with Crippen molar-refractivity contribution in [2.24, 2.45) is 5.92 Å². The van der Waals surface area contributed by atoms with E-state index < -0.39 is 5.97 Å². The summed E-state index contributed by atoms with van der Waals surface area (Å²) in [5.74, 6) is 0.619. The molecular formula is C17H25NO3. The molecule has 0 unspecified atom stereocenters. The first-order valence-electron chi connectivity index (χ1n) is 7.87. The third-order valence-electron chi connectivity index (χ3n) is 4.16. The van der Waals surface area contributed by atoms with E-state index in [0.717, 1.165) is 25.4 Å². The van der Waals surface area contributed by atoms with Gasteiger partial charge in [0.05, 0.1) is 12.2 Å². The van der Waals surface area contributed by atoms with Crippen LogP contribution in [0, 0.1) is 5.92 Å². The fraction of sp³-hybridized carbons (Fsp3) is 0.588. The van der Waals surface area contributed by atoms with Gasteiger partial charge in [0.1, 0.15) is 5.75 Å². The van der Waals surface area contributed by atoms with Crippen LogP contribution in [-0.4, -0.2) is 42.2 Å². The van der Waals surface area contributed by atoms with Gasteiger partial charge in [-0.15, -0.1) is 0 Å². The highest BCUT2D eigenvalue weighted by Gasteiger charge is 2.19. The van der Waals surface area contributed by atoms with Crippen LogP contribution in [0.25, 0.3) is 0 Å². The van der Waals surface area contributed by atoms with Gasteiger partial charge in [0, 0.05) is 13.1 Å². The third-order valence-corrected chi connectivity index (χ3v) is 4.16. The van der Waals surface area contributed by atoms with Crippen LogP contribution in [0.5, 0.6) is 5.75 Å². The molecule has 0 radical (unpaired) electrons. The molecule has 1 aliphatic rings. The predicted octanol–water partition coefficient (Wildman–Crippen LogP) is 3.28. The van der Waals surface area contributed by atoms with Gasteiger partial charge in [0.15, 0.2) is 0 Å². The van der Waals surface area contributed by atoms with Crippen molar-refractivity contribution in [2.45, 2.75) is 32.6 Å². The highest BCUT2D eigenvalue weighted by Crippen LogP contribution is 2.27. The molecule has 1 N–H and O–H groups in total. The highest BCUT2D eigenvalue weighted by molar-refractivity contribution is 5.87. The number of hydrogen-bond acceptors (Lipinski definition) is 3. The van der Waals surface area contributed by atoms with Crippen LogP contribution in [0.15, 0.2) is 24.3 Å². The summed E-state index contributed by atoms with van der Waals surface area (Å²) in [5.41, 5.74) is 0.271. The second-order valence-corrected chi connectivity index (χ2v) is 5.73. The Labute approximate surface area is 126 Å². The molecule has 0 amide bonds. The maximum atomic E-state index is 10.9. The lowest BCUT2D eigenvalue weighted by atomic mass is 9.85. The van der Waals surface area contributed by atoms with Gasteiger partial charge >= 0.3 is 5.97 Å². The maximum Gasteiger partial charge on any atom is 0.335 e. The molecule has 1 fully saturated rings. The van der Waals surface area contributed by atoms with Gasteiger partial charge in [-0.3, -0.25) is 0 Å². The van der Waals surface area contributed by atoms with Crippen molar-refractivity contribution >= 4 is 5.97 Å². The number of rotatable bonds is 9. The summed E-state index contributed by atoms with van der Waals surface area (Å²) in [4.78, 5) is 13.4. The van der Waals surface area contributed by atoms with E-state index >= 15 is 0 Å². The molecular weight excluding hydrogens is 266 g/mol. The summed E-state index contributed by atoms with van der Waals surface area (Å²) >= 11 is 0. The summed E-state index contributed by atoms with van der Waals surface area (Å²) in [6, 6.07) is 6.67. The van der Waals surface area contributed by atoms with Crippen molar-refractivity contribution in [3.8, 4) is 5.75 Å². The van der Waals surface area contributed by atoms with Crippen LogP contribution in [-0.2, 0) is 0 Å². The lowest BCUT2D eigenvalue weighted by molar-refractivity contribution is 0.0696. The Morgan fingerprint density at radius 3 is 2.86 bits per heavy atom. The fourth-order valence-electron chi connectivity index (χ4n) is 2.62. The third kappa shape index (κ3) is 5.05. The lowest BCUT2D eigenvalue weighted by Crippen LogP contribution is -2.33. The van der Waals surface area contributed by atoms with Crippen molar-refractivity contribution in [2.75, 3.05) is 26.2 Å². The molecule has 21 heavy (non-hydrogen) atoms. The Balaban J connectivity index is 1.68. The topological polar surface area (TPSA) is 49.8 Å². The van der Waals surface area contributed by atoms with Crippen molar-refractivity contribution in [3.05, 3.63) is 29.8 Å². The number of benzene rings is 1. The van der Waals surface area contributed by atoms with Crippen LogP contribution in [0.2, 0.25) is 0 Å². The zero-order chi connectivity index (χ0) is 15.1. The van der Waals surface area contributed by atoms with Crippen LogP contribution >= 0.6 is 0 Å². The van der Waals surface area contributed by atoms with Gasteiger partial charge in [-0.2, -0.15) is 0 Å². The van der Waals surface area contributed by atoms with E-state index in [1.54, 1.807) is 24.3 Å². The van der Waals surface area contributed by atoms with Crippen molar-refractivity contribution in [1.82, 2.24) is 4.90 Å². The molecule has 2 rings (SSSR count). The van der Waals surface area contributed by atoms with Crippen LogP contribution in [0.1, 0.15) is 43.0 Å². The minimum Gasteiger partial charge on any atom is -0.494 e. The molecule has 0 heterocycles. The van der Waals surface area contributed by atoms with Gasteiger partial charge in [0.2, 0.25) is 0 Å². The quantitative estimate of drug-likeness (QED) is 0.709. The number of nitrogens with zero attached hydrogens (tertiary/aromatic N) is 1. The Hall–Kier alpha value is -1.55. The van der Waals surface area contributed by atoms with Gasteiger partial charge < -0.3 is 14.7 Å². The standard InChI is InChI=1S/C17H25NO3/c1-2-18(13-14-6-3-7-14)10-5-11-21-16-9-4-8-15(12-16)17(19)20/h4,8-9,12,14H,2-3,5-7,10-11,13H2,1H3,(H,19,20). The SMILES string of the molecule is CCN(CCCOc1cccc(C(=O)O)c1)CC1CCC1. The zero-order valence-electron chi connectivity index (χ0n) is 12.8. The molecule has 0 atom stereocenters. The second-order valence-electron chi connectivity index (χ2n) is 5.73. The summed E-state index contributed by atoms with van der Waals surface area (Å²) in [6.45, 7) is 6.18. The summed E-state index contributed by atoms with van der Waals surface area (Å²) in [7, 11) is 0. The monoisotopic (exact) mass is 291 g/mol. The van der Waals surface area contributed by atoms with E-state index in [9.17, 15) is 4.79 Å². The Morgan fingerprint density at radius 1 is 1.43 bits per heavy atom. The molecule has 4 heteroatoms. The molecule has 0 aromatic heterocycles. The van der Waals surface area contributed by atoms with Gasteiger partial charge in [-0.1, -0.05) is 19.4 Å². The molecule has 0 bridgehead atoms. The van der Waals surface area contributed by atoms with Gasteiger partial charge in [0.25, 0.3) is 0 Å². The minimum atomic E-state index is -0.918. The first-order valence-corrected chi connectivity index (χ1v) is 7.87. The molecule has 0 aliphatic heterocycles. The molecule has 1 aromatic rings. The van der Waals surface area contributed by atoms with Crippen molar-refractivity contribution in [3.63, 3.8) is 0 Å². The lowest BCUT2D eigenvalue weighted by Gasteiger charge is -2.31. The first kappa shape index (κ1) is 15.8. The van der Waals surface area contributed by atoms with Gasteiger partial charge in [-0.05, 0) is 49.9 Å². The minimum absolute atomic E-state index is 0.271. The number of carboxylic acids is 1. The number of hydrogen-bond donors (Lipinski definition) is 1. The largest absolute Gasteiger partial charge is 0.494 e. The number of carbonyl (C=O) groups is 1. The molecule has 0 saturated heterocycles. The summed E-state index contributed by atoms with van der Waals surface area (Å²) in [6.07, 6.45) is 5.13. The smallest absolute Gasteiger partial charge is 0.335 e. The Kier molecular flexibility index (Phi) is 6.05. The van der Waals surface area contributed by atoms with E-state index in [1.807, 2.05) is 0 Å². The van der Waals surface area contributed by atoms with E-state index in [-0.39, 0.29) is 5.56 Å². The number of carboxylic acid groups (broad SMARTS) is 1. The van der Waals surface area contributed by atoms with E-state index in [4.69, 9.17) is 9.84 Å². The first-order chi connectivity index (χ1) is 10.2.